The standard InChI is InChI=1S/C20H16F3NO4S/c1-11(25)24(10-12-5-3-4-6-15(12)20(21,22)23)18-17(19(27)28-2)14-8-7-13(26)9-16(14)29-18/h3-9,26H,10H2,1-2H3. The summed E-state index contributed by atoms with van der Waals surface area (Å²) < 4.78 is 45.4. The number of thiophene rings is 1. The zero-order valence-corrected chi connectivity index (χ0v) is 16.2. The number of fused-ring (bicyclic) bond motifs is 1. The summed E-state index contributed by atoms with van der Waals surface area (Å²) in [5.74, 6) is -1.31. The summed E-state index contributed by atoms with van der Waals surface area (Å²) in [4.78, 5) is 25.9. The van der Waals surface area contributed by atoms with Gasteiger partial charge in [-0.2, -0.15) is 13.2 Å². The number of phenols is 1. The highest BCUT2D eigenvalue weighted by molar-refractivity contribution is 7.23. The van der Waals surface area contributed by atoms with E-state index in [1.165, 1.54) is 50.4 Å². The van der Waals surface area contributed by atoms with Gasteiger partial charge in [-0.3, -0.25) is 9.69 Å². The van der Waals surface area contributed by atoms with E-state index in [0.717, 1.165) is 22.3 Å². The van der Waals surface area contributed by atoms with E-state index < -0.39 is 23.6 Å². The number of hydrogen-bond acceptors (Lipinski definition) is 5. The quantitative estimate of drug-likeness (QED) is 0.602. The monoisotopic (exact) mass is 423 g/mol. The lowest BCUT2D eigenvalue weighted by molar-refractivity contribution is -0.138. The number of alkyl halides is 3. The molecule has 0 fully saturated rings. The molecule has 5 nitrogen and oxygen atoms in total. The topological polar surface area (TPSA) is 66.8 Å². The summed E-state index contributed by atoms with van der Waals surface area (Å²) >= 11 is 1.01. The number of benzene rings is 2. The Hall–Kier alpha value is -3.07. The van der Waals surface area contributed by atoms with Crippen LogP contribution in [-0.4, -0.2) is 24.1 Å². The Morgan fingerprint density at radius 3 is 2.48 bits per heavy atom. The number of ether oxygens (including phenoxy) is 1. The van der Waals surface area contributed by atoms with Crippen molar-refractivity contribution in [2.45, 2.75) is 19.6 Å². The van der Waals surface area contributed by atoms with Gasteiger partial charge in [0.15, 0.2) is 0 Å². The average Bonchev–Trinajstić information content (AvgIpc) is 3.02. The fourth-order valence-electron chi connectivity index (χ4n) is 2.99. The Labute approximate surface area is 167 Å². The van der Waals surface area contributed by atoms with Crippen LogP contribution in [0.3, 0.4) is 0 Å². The molecule has 0 aliphatic heterocycles. The van der Waals surface area contributed by atoms with Crippen molar-refractivity contribution in [1.29, 1.82) is 0 Å². The van der Waals surface area contributed by atoms with Gasteiger partial charge < -0.3 is 9.84 Å². The van der Waals surface area contributed by atoms with Crippen molar-refractivity contribution in [2.75, 3.05) is 12.0 Å². The van der Waals surface area contributed by atoms with Crippen LogP contribution in [-0.2, 0) is 22.3 Å². The van der Waals surface area contributed by atoms with Crippen molar-refractivity contribution in [3.05, 3.63) is 59.2 Å². The number of aromatic hydroxyl groups is 1. The normalized spacial score (nSPS) is 11.5. The zero-order valence-electron chi connectivity index (χ0n) is 15.4. The van der Waals surface area contributed by atoms with Gasteiger partial charge in [0, 0.05) is 17.0 Å². The van der Waals surface area contributed by atoms with Gasteiger partial charge in [0.05, 0.1) is 19.2 Å². The molecule has 1 heterocycles. The molecule has 0 spiro atoms. The van der Waals surface area contributed by atoms with Crippen LogP contribution in [0.25, 0.3) is 10.1 Å². The average molecular weight is 423 g/mol. The molecule has 1 amide bonds. The summed E-state index contributed by atoms with van der Waals surface area (Å²) in [6.07, 6.45) is -4.59. The van der Waals surface area contributed by atoms with Crippen LogP contribution in [0, 0.1) is 0 Å². The maximum absolute atomic E-state index is 13.4. The lowest BCUT2D eigenvalue weighted by Crippen LogP contribution is -2.29. The van der Waals surface area contributed by atoms with Gasteiger partial charge >= 0.3 is 12.1 Å². The molecule has 29 heavy (non-hydrogen) atoms. The molecule has 0 radical (unpaired) electrons. The number of hydrogen-bond donors (Lipinski definition) is 1. The summed E-state index contributed by atoms with van der Waals surface area (Å²) in [5, 5.41) is 10.3. The molecular weight excluding hydrogens is 407 g/mol. The summed E-state index contributed by atoms with van der Waals surface area (Å²) in [6, 6.07) is 9.24. The van der Waals surface area contributed by atoms with Crippen LogP contribution in [0.2, 0.25) is 0 Å². The van der Waals surface area contributed by atoms with Crippen LogP contribution in [0.1, 0.15) is 28.4 Å². The number of methoxy groups -OCH3 is 1. The Morgan fingerprint density at radius 1 is 1.17 bits per heavy atom. The van der Waals surface area contributed by atoms with Gasteiger partial charge in [-0.15, -0.1) is 11.3 Å². The third-order valence-electron chi connectivity index (χ3n) is 4.32. The zero-order chi connectivity index (χ0) is 21.3. The second kappa shape index (κ2) is 7.75. The Kier molecular flexibility index (Phi) is 5.52. The second-order valence-electron chi connectivity index (χ2n) is 6.21. The first-order valence-corrected chi connectivity index (χ1v) is 9.22. The SMILES string of the molecule is COC(=O)c1c(N(Cc2ccccc2C(F)(F)F)C(C)=O)sc2cc(O)ccc12. The maximum atomic E-state index is 13.4. The number of anilines is 1. The molecule has 0 saturated carbocycles. The van der Waals surface area contributed by atoms with Crippen LogP contribution < -0.4 is 4.90 Å². The van der Waals surface area contributed by atoms with Gasteiger partial charge in [-0.25, -0.2) is 4.79 Å². The molecule has 2 aromatic carbocycles. The van der Waals surface area contributed by atoms with Gasteiger partial charge in [-0.1, -0.05) is 18.2 Å². The molecule has 9 heteroatoms. The van der Waals surface area contributed by atoms with E-state index in [0.29, 0.717) is 10.1 Å². The molecule has 0 unspecified atom stereocenters. The van der Waals surface area contributed by atoms with Gasteiger partial charge in [-0.05, 0) is 29.8 Å². The number of amides is 1. The summed E-state index contributed by atoms with van der Waals surface area (Å²) in [5.41, 5.74) is -0.900. The van der Waals surface area contributed by atoms with Crippen molar-refractivity contribution in [3.63, 3.8) is 0 Å². The number of phenolic OH excluding ortho intramolecular Hbond substituents is 1. The summed E-state index contributed by atoms with van der Waals surface area (Å²) in [7, 11) is 1.17. The van der Waals surface area contributed by atoms with Crippen LogP contribution in [0.5, 0.6) is 5.75 Å². The largest absolute Gasteiger partial charge is 0.508 e. The number of carbonyl (C=O) groups is 2. The number of nitrogens with zero attached hydrogens (tertiary/aromatic N) is 1. The lowest BCUT2D eigenvalue weighted by atomic mass is 10.1. The van der Waals surface area contributed by atoms with E-state index in [4.69, 9.17) is 4.74 Å². The van der Waals surface area contributed by atoms with E-state index in [1.54, 1.807) is 0 Å². The fourth-order valence-corrected chi connectivity index (χ4v) is 4.26. The molecule has 0 saturated heterocycles. The Bertz CT molecular complexity index is 1090. The van der Waals surface area contributed by atoms with Gasteiger partial charge in [0.25, 0.3) is 0 Å². The molecule has 3 rings (SSSR count). The Balaban J connectivity index is 2.18. The van der Waals surface area contributed by atoms with Gasteiger partial charge in [0.2, 0.25) is 5.91 Å². The van der Waals surface area contributed by atoms with E-state index in [9.17, 15) is 27.9 Å². The molecule has 0 bridgehead atoms. The highest BCUT2D eigenvalue weighted by Gasteiger charge is 2.34. The first-order chi connectivity index (χ1) is 13.6. The first-order valence-electron chi connectivity index (χ1n) is 8.40. The highest BCUT2D eigenvalue weighted by Crippen LogP contribution is 2.41. The molecule has 1 N–H and O–H groups in total. The third-order valence-corrected chi connectivity index (χ3v) is 5.50. The van der Waals surface area contributed by atoms with Crippen molar-refractivity contribution in [3.8, 4) is 5.75 Å². The molecule has 0 aliphatic carbocycles. The van der Waals surface area contributed by atoms with E-state index in [1.807, 2.05) is 0 Å². The third kappa shape index (κ3) is 4.04. The van der Waals surface area contributed by atoms with Crippen molar-refractivity contribution in [1.82, 2.24) is 0 Å². The minimum atomic E-state index is -4.59. The predicted molar refractivity (Wildman–Crippen MR) is 103 cm³/mol. The van der Waals surface area contributed by atoms with Crippen molar-refractivity contribution >= 4 is 38.3 Å². The predicted octanol–water partition coefficient (Wildman–Crippen LogP) is 4.97. The summed E-state index contributed by atoms with van der Waals surface area (Å²) in [6.45, 7) is 0.826. The molecule has 1 aromatic heterocycles. The lowest BCUT2D eigenvalue weighted by Gasteiger charge is -2.23. The Morgan fingerprint density at radius 2 is 1.86 bits per heavy atom. The van der Waals surface area contributed by atoms with E-state index in [-0.39, 0.29) is 28.4 Å². The van der Waals surface area contributed by atoms with Crippen LogP contribution in [0.4, 0.5) is 18.2 Å². The molecule has 3 aromatic rings. The van der Waals surface area contributed by atoms with Crippen molar-refractivity contribution in [2.24, 2.45) is 0 Å². The van der Waals surface area contributed by atoms with Crippen LogP contribution in [0.15, 0.2) is 42.5 Å². The van der Waals surface area contributed by atoms with E-state index in [2.05, 4.69) is 0 Å². The number of halogens is 3. The highest BCUT2D eigenvalue weighted by atomic mass is 32.1. The molecule has 152 valence electrons. The smallest absolute Gasteiger partial charge is 0.416 e. The van der Waals surface area contributed by atoms with Gasteiger partial charge in [0.1, 0.15) is 16.3 Å². The minimum Gasteiger partial charge on any atom is -0.508 e. The minimum absolute atomic E-state index is 0.0430. The van der Waals surface area contributed by atoms with Crippen LogP contribution >= 0.6 is 11.3 Å². The number of rotatable bonds is 4. The molecular formula is C20H16F3NO4S. The molecule has 0 atom stereocenters. The second-order valence-corrected chi connectivity index (χ2v) is 7.24. The molecule has 0 aliphatic rings. The van der Waals surface area contributed by atoms with E-state index >= 15 is 0 Å². The first kappa shape index (κ1) is 20.7. The maximum Gasteiger partial charge on any atom is 0.416 e. The fraction of sp³-hybridized carbons (Fsp3) is 0.200. The number of carbonyl (C=O) groups excluding carboxylic acids is 2. The number of esters is 1. The van der Waals surface area contributed by atoms with Crippen molar-refractivity contribution < 1.29 is 32.6 Å².